The summed E-state index contributed by atoms with van der Waals surface area (Å²) in [6, 6.07) is 0.430. The molecule has 0 aromatic carbocycles. The van der Waals surface area contributed by atoms with Crippen LogP contribution in [0.5, 0.6) is 0 Å². The minimum atomic E-state index is -0.130. The van der Waals surface area contributed by atoms with E-state index in [0.29, 0.717) is 12.6 Å². The molecule has 1 amide bonds. The summed E-state index contributed by atoms with van der Waals surface area (Å²) in [7, 11) is 2.02. The first-order chi connectivity index (χ1) is 9.95. The van der Waals surface area contributed by atoms with Gasteiger partial charge in [0.1, 0.15) is 6.54 Å². The van der Waals surface area contributed by atoms with Crippen LogP contribution in [0.25, 0.3) is 0 Å². The average Bonchev–Trinajstić information content (AvgIpc) is 2.71. The van der Waals surface area contributed by atoms with Crippen molar-refractivity contribution in [2.75, 3.05) is 7.05 Å². The van der Waals surface area contributed by atoms with E-state index in [2.05, 4.69) is 43.8 Å². The molecule has 0 fully saturated rings. The zero-order chi connectivity index (χ0) is 15.5. The Morgan fingerprint density at radius 2 is 2.14 bits per heavy atom. The molecule has 1 aliphatic rings. The third kappa shape index (κ3) is 4.10. The fourth-order valence-electron chi connectivity index (χ4n) is 2.98. The second-order valence-electron chi connectivity index (χ2n) is 6.78. The van der Waals surface area contributed by atoms with Gasteiger partial charge in [-0.05, 0) is 57.7 Å². The summed E-state index contributed by atoms with van der Waals surface area (Å²) >= 11 is 0. The molecule has 0 saturated carbocycles. The molecule has 0 radical (unpaired) electrons. The van der Waals surface area contributed by atoms with Crippen LogP contribution in [0.1, 0.15) is 63.6 Å². The van der Waals surface area contributed by atoms with Gasteiger partial charge in [-0.3, -0.25) is 4.79 Å². The minimum Gasteiger partial charge on any atom is -0.350 e. The number of aromatic nitrogens is 1. The maximum absolute atomic E-state index is 12.2. The van der Waals surface area contributed by atoms with Crippen LogP contribution in [0.4, 0.5) is 0 Å². The highest BCUT2D eigenvalue weighted by atomic mass is 16.2. The number of fused-ring (bicyclic) bond motifs is 1. The van der Waals surface area contributed by atoms with E-state index < -0.39 is 0 Å². The maximum atomic E-state index is 12.2. The zero-order valence-electron chi connectivity index (χ0n) is 13.8. The van der Waals surface area contributed by atoms with Gasteiger partial charge in [-0.25, -0.2) is 0 Å². The molecule has 0 saturated heterocycles. The molecule has 1 aromatic heterocycles. The Morgan fingerprint density at radius 1 is 1.38 bits per heavy atom. The summed E-state index contributed by atoms with van der Waals surface area (Å²) in [5.74, 6) is 0.0908. The molecule has 1 heterocycles. The first kappa shape index (κ1) is 16.1. The van der Waals surface area contributed by atoms with Crippen molar-refractivity contribution in [2.24, 2.45) is 0 Å². The predicted octanol–water partition coefficient (Wildman–Crippen LogP) is 2.78. The topological polar surface area (TPSA) is 46.1 Å². The second kappa shape index (κ2) is 6.65. The van der Waals surface area contributed by atoms with Crippen LogP contribution in [-0.4, -0.2) is 23.1 Å². The number of amides is 1. The van der Waals surface area contributed by atoms with Gasteiger partial charge in [-0.1, -0.05) is 13.3 Å². The van der Waals surface area contributed by atoms with Crippen LogP contribution in [0.15, 0.2) is 12.4 Å². The van der Waals surface area contributed by atoms with E-state index in [4.69, 9.17) is 0 Å². The number of hydrogen-bond acceptors (Lipinski definition) is 2. The first-order valence-corrected chi connectivity index (χ1v) is 8.12. The van der Waals surface area contributed by atoms with Gasteiger partial charge >= 0.3 is 0 Å². The highest BCUT2D eigenvalue weighted by Gasteiger charge is 2.21. The molecule has 1 aromatic rings. The number of hydrogen-bond donors (Lipinski definition) is 2. The van der Waals surface area contributed by atoms with Gasteiger partial charge in [0, 0.05) is 24.0 Å². The largest absolute Gasteiger partial charge is 0.350 e. The van der Waals surface area contributed by atoms with Gasteiger partial charge in [-0.2, -0.15) is 0 Å². The molecule has 0 aliphatic heterocycles. The molecule has 2 rings (SSSR count). The summed E-state index contributed by atoms with van der Waals surface area (Å²) in [5.41, 5.74) is 2.64. The predicted molar refractivity (Wildman–Crippen MR) is 86.3 cm³/mol. The quantitative estimate of drug-likeness (QED) is 0.819. The van der Waals surface area contributed by atoms with Crippen molar-refractivity contribution in [1.82, 2.24) is 15.2 Å². The Bertz CT molecular complexity index is 490. The summed E-state index contributed by atoms with van der Waals surface area (Å²) in [4.78, 5) is 12.2. The summed E-state index contributed by atoms with van der Waals surface area (Å²) < 4.78 is 2.04. The Balaban J connectivity index is 2.07. The van der Waals surface area contributed by atoms with Crippen molar-refractivity contribution in [3.05, 3.63) is 23.5 Å². The second-order valence-corrected chi connectivity index (χ2v) is 6.78. The smallest absolute Gasteiger partial charge is 0.240 e. The summed E-state index contributed by atoms with van der Waals surface area (Å²) in [5, 5.41) is 6.50. The van der Waals surface area contributed by atoms with E-state index in [-0.39, 0.29) is 11.4 Å². The van der Waals surface area contributed by atoms with Crippen LogP contribution in [0.3, 0.4) is 0 Å². The molecule has 1 aliphatic carbocycles. The summed E-state index contributed by atoms with van der Waals surface area (Å²) in [6.07, 6.45) is 10.1. The van der Waals surface area contributed by atoms with Crippen LogP contribution in [0.2, 0.25) is 0 Å². The normalized spacial score (nSPS) is 19.0. The van der Waals surface area contributed by atoms with E-state index in [9.17, 15) is 4.79 Å². The van der Waals surface area contributed by atoms with E-state index in [1.165, 1.54) is 30.4 Å². The molecule has 118 valence electrons. The summed E-state index contributed by atoms with van der Waals surface area (Å²) in [6.45, 7) is 6.63. The SMILES string of the molecule is CCC(C)(C)NC(=O)Cn1cc2c(c1)C(NC)CCCC2. The molecular formula is C17H29N3O. The molecule has 1 atom stereocenters. The van der Waals surface area contributed by atoms with Crippen molar-refractivity contribution >= 4 is 5.91 Å². The molecule has 0 bridgehead atoms. The number of carbonyl (C=O) groups excluding carboxylic acids is 1. The minimum absolute atomic E-state index is 0.0908. The lowest BCUT2D eigenvalue weighted by Crippen LogP contribution is -2.44. The monoisotopic (exact) mass is 291 g/mol. The Labute approximate surface area is 128 Å². The first-order valence-electron chi connectivity index (χ1n) is 8.12. The van der Waals surface area contributed by atoms with Gasteiger partial charge in [0.25, 0.3) is 0 Å². The average molecular weight is 291 g/mol. The van der Waals surface area contributed by atoms with Crippen LogP contribution >= 0.6 is 0 Å². The number of nitrogens with one attached hydrogen (secondary N) is 2. The van der Waals surface area contributed by atoms with Crippen molar-refractivity contribution in [1.29, 1.82) is 0 Å². The van der Waals surface area contributed by atoms with Gasteiger partial charge in [0.05, 0.1) is 0 Å². The highest BCUT2D eigenvalue weighted by Crippen LogP contribution is 2.29. The molecular weight excluding hydrogens is 262 g/mol. The molecule has 4 nitrogen and oxygen atoms in total. The number of aryl methyl sites for hydroxylation is 1. The Kier molecular flexibility index (Phi) is 5.09. The third-order valence-corrected chi connectivity index (χ3v) is 4.60. The Hall–Kier alpha value is -1.29. The molecule has 21 heavy (non-hydrogen) atoms. The fourth-order valence-corrected chi connectivity index (χ4v) is 2.98. The van der Waals surface area contributed by atoms with E-state index >= 15 is 0 Å². The van der Waals surface area contributed by atoms with E-state index in [1.54, 1.807) is 0 Å². The van der Waals surface area contributed by atoms with Gasteiger partial charge in [0.15, 0.2) is 0 Å². The van der Waals surface area contributed by atoms with Gasteiger partial charge in [-0.15, -0.1) is 0 Å². The standard InChI is InChI=1S/C17H29N3O/c1-5-17(2,3)19-16(21)12-20-10-13-8-6-7-9-15(18-4)14(13)11-20/h10-11,15,18H,5-9,12H2,1-4H3,(H,19,21). The van der Waals surface area contributed by atoms with Crippen molar-refractivity contribution in [3.63, 3.8) is 0 Å². The van der Waals surface area contributed by atoms with E-state index in [1.807, 2.05) is 11.6 Å². The molecule has 1 unspecified atom stereocenters. The highest BCUT2D eigenvalue weighted by molar-refractivity contribution is 5.76. The van der Waals surface area contributed by atoms with E-state index in [0.717, 1.165) is 12.8 Å². The van der Waals surface area contributed by atoms with Crippen molar-refractivity contribution in [3.8, 4) is 0 Å². The number of nitrogens with zero attached hydrogens (tertiary/aromatic N) is 1. The molecule has 2 N–H and O–H groups in total. The van der Waals surface area contributed by atoms with Crippen molar-refractivity contribution < 1.29 is 4.79 Å². The van der Waals surface area contributed by atoms with Gasteiger partial charge in [0.2, 0.25) is 5.91 Å². The lowest BCUT2D eigenvalue weighted by atomic mass is 10.0. The maximum Gasteiger partial charge on any atom is 0.240 e. The lowest BCUT2D eigenvalue weighted by Gasteiger charge is -2.24. The lowest BCUT2D eigenvalue weighted by molar-refractivity contribution is -0.123. The number of rotatable bonds is 5. The van der Waals surface area contributed by atoms with Crippen LogP contribution in [0, 0.1) is 0 Å². The zero-order valence-corrected chi connectivity index (χ0v) is 13.8. The molecule has 0 spiro atoms. The van der Waals surface area contributed by atoms with Crippen LogP contribution in [-0.2, 0) is 17.8 Å². The van der Waals surface area contributed by atoms with Crippen molar-refractivity contribution in [2.45, 2.75) is 71.0 Å². The molecule has 4 heteroatoms. The fraction of sp³-hybridized carbons (Fsp3) is 0.706. The van der Waals surface area contributed by atoms with Crippen LogP contribution < -0.4 is 10.6 Å². The third-order valence-electron chi connectivity index (χ3n) is 4.60. The van der Waals surface area contributed by atoms with Gasteiger partial charge < -0.3 is 15.2 Å². The Morgan fingerprint density at radius 3 is 2.81 bits per heavy atom. The number of carbonyl (C=O) groups is 1.